The fourth-order valence-corrected chi connectivity index (χ4v) is 3.97. The third-order valence-electron chi connectivity index (χ3n) is 3.74. The van der Waals surface area contributed by atoms with Gasteiger partial charge in [-0.05, 0) is 13.0 Å². The van der Waals surface area contributed by atoms with E-state index in [2.05, 4.69) is 0 Å². The molecule has 0 bridgehead atoms. The van der Waals surface area contributed by atoms with Crippen molar-refractivity contribution in [2.75, 3.05) is 24.5 Å². The molecule has 1 aliphatic heterocycles. The summed E-state index contributed by atoms with van der Waals surface area (Å²) in [5.74, 6) is 4.46. The van der Waals surface area contributed by atoms with Gasteiger partial charge in [0.15, 0.2) is 12.4 Å². The normalized spacial score (nSPS) is 16.9. The van der Waals surface area contributed by atoms with Crippen LogP contribution in [0.1, 0.15) is 17.3 Å². The highest BCUT2D eigenvalue weighted by molar-refractivity contribution is 7.99. The van der Waals surface area contributed by atoms with Crippen molar-refractivity contribution >= 4 is 39.6 Å². The zero-order valence-corrected chi connectivity index (χ0v) is 16.5. The van der Waals surface area contributed by atoms with Crippen LogP contribution in [0.5, 0.6) is 0 Å². The summed E-state index contributed by atoms with van der Waals surface area (Å²) in [5.41, 5.74) is 0.0102. The Kier molecular flexibility index (Phi) is 6.78. The third-order valence-corrected chi connectivity index (χ3v) is 5.63. The van der Waals surface area contributed by atoms with Gasteiger partial charge in [0.25, 0.3) is 11.8 Å². The second-order valence-corrected chi connectivity index (χ2v) is 8.62. The first-order valence-corrected chi connectivity index (χ1v) is 11.0. The molecule has 0 saturated carbocycles. The maximum Gasteiger partial charge on any atom is 0.329 e. The number of hydrazine groups is 1. The van der Waals surface area contributed by atoms with Crippen molar-refractivity contribution in [1.82, 2.24) is 9.31 Å². The largest absolute Gasteiger partial charge is 0.464 e. The highest BCUT2D eigenvalue weighted by Gasteiger charge is 2.37. The molecule has 148 valence electrons. The van der Waals surface area contributed by atoms with Crippen molar-refractivity contribution in [3.05, 3.63) is 30.1 Å². The lowest BCUT2D eigenvalue weighted by atomic mass is 10.2. The average molecular weight is 417 g/mol. The smallest absolute Gasteiger partial charge is 0.329 e. The number of sulfonamides is 1. The number of nitrogens with two attached hydrogens (primary N) is 1. The number of amides is 2. The summed E-state index contributed by atoms with van der Waals surface area (Å²) in [6, 6.07) is 2.25. The van der Waals surface area contributed by atoms with Crippen molar-refractivity contribution in [3.63, 3.8) is 0 Å². The molecule has 0 aromatic carbocycles. The lowest BCUT2D eigenvalue weighted by molar-refractivity contribution is -0.685. The van der Waals surface area contributed by atoms with Gasteiger partial charge in [0.05, 0.1) is 18.7 Å². The van der Waals surface area contributed by atoms with E-state index in [1.807, 2.05) is 0 Å². The molecular weight excluding hydrogens is 396 g/mol. The average Bonchev–Trinajstić information content (AvgIpc) is 3.10. The number of hydrogen-bond donors (Lipinski definition) is 1. The molecular formula is C15H21N4O6S2+. The van der Waals surface area contributed by atoms with E-state index in [1.54, 1.807) is 13.1 Å². The van der Waals surface area contributed by atoms with Crippen LogP contribution in [0.4, 0.5) is 0 Å². The van der Waals surface area contributed by atoms with Crippen LogP contribution in [0.3, 0.4) is 0 Å². The molecule has 12 heteroatoms. The number of ether oxygens (including phenoxy) is 1. The fraction of sp³-hybridized carbons (Fsp3) is 0.467. The molecule has 1 aromatic heterocycles. The number of thioether (sulfide) groups is 1. The minimum atomic E-state index is -3.90. The van der Waals surface area contributed by atoms with Crippen molar-refractivity contribution in [2.45, 2.75) is 19.5 Å². The molecule has 1 saturated heterocycles. The van der Waals surface area contributed by atoms with Crippen LogP contribution in [0, 0.1) is 0 Å². The minimum absolute atomic E-state index is 0.0102. The molecule has 2 N–H and O–H groups in total. The number of pyridine rings is 1. The van der Waals surface area contributed by atoms with Gasteiger partial charge < -0.3 is 9.64 Å². The van der Waals surface area contributed by atoms with Gasteiger partial charge in [-0.2, -0.15) is 8.98 Å². The molecule has 0 aliphatic carbocycles. The number of nitrogens with zero attached hydrogens (tertiary/aromatic N) is 3. The van der Waals surface area contributed by atoms with E-state index in [0.29, 0.717) is 11.6 Å². The van der Waals surface area contributed by atoms with Gasteiger partial charge in [-0.3, -0.25) is 9.59 Å². The molecule has 0 radical (unpaired) electrons. The molecule has 1 fully saturated rings. The van der Waals surface area contributed by atoms with Crippen LogP contribution < -0.4 is 10.4 Å². The summed E-state index contributed by atoms with van der Waals surface area (Å²) in [4.78, 5) is 38.1. The van der Waals surface area contributed by atoms with E-state index in [4.69, 9.17) is 10.6 Å². The molecule has 2 rings (SSSR count). The molecule has 1 aliphatic rings. The van der Waals surface area contributed by atoms with E-state index in [9.17, 15) is 22.8 Å². The van der Waals surface area contributed by atoms with Gasteiger partial charge in [-0.1, -0.05) is 0 Å². The Morgan fingerprint density at radius 3 is 2.78 bits per heavy atom. The number of carbonyl (C=O) groups excluding carboxylic acids is 3. The van der Waals surface area contributed by atoms with Crippen molar-refractivity contribution in [1.29, 1.82) is 0 Å². The Morgan fingerprint density at radius 1 is 1.44 bits per heavy atom. The molecule has 2 heterocycles. The second kappa shape index (κ2) is 8.67. The first kappa shape index (κ1) is 21.1. The first-order valence-electron chi connectivity index (χ1n) is 7.97. The van der Waals surface area contributed by atoms with Gasteiger partial charge in [-0.15, -0.1) is 11.8 Å². The maximum atomic E-state index is 12.6. The summed E-state index contributed by atoms with van der Waals surface area (Å²) >= 11 is 1.45. The maximum absolute atomic E-state index is 12.6. The van der Waals surface area contributed by atoms with Gasteiger partial charge >= 0.3 is 5.97 Å². The number of hydrogen-bond acceptors (Lipinski definition) is 8. The topological polar surface area (TPSA) is 131 Å². The SMILES string of the molecule is CCOC(=O)C1CSCN1C(=O)C[n+]1cccc(C(=O)N(N)S(C)(=O)=O)c1. The van der Waals surface area contributed by atoms with E-state index in [0.717, 1.165) is 6.26 Å². The summed E-state index contributed by atoms with van der Waals surface area (Å²) in [7, 11) is -3.90. The van der Waals surface area contributed by atoms with E-state index in [1.165, 1.54) is 39.6 Å². The van der Waals surface area contributed by atoms with Gasteiger partial charge in [0.1, 0.15) is 11.6 Å². The summed E-state index contributed by atoms with van der Waals surface area (Å²) in [6.45, 7) is 1.81. The van der Waals surface area contributed by atoms with Crippen LogP contribution in [0.15, 0.2) is 24.5 Å². The Balaban J connectivity index is 2.13. The molecule has 27 heavy (non-hydrogen) atoms. The summed E-state index contributed by atoms with van der Waals surface area (Å²) < 4.78 is 29.4. The quantitative estimate of drug-likeness (QED) is 0.199. The number of rotatable bonds is 6. The Labute approximate surface area is 161 Å². The number of esters is 1. The number of carbonyl (C=O) groups is 3. The van der Waals surface area contributed by atoms with E-state index >= 15 is 0 Å². The molecule has 10 nitrogen and oxygen atoms in total. The predicted molar refractivity (Wildman–Crippen MR) is 96.4 cm³/mol. The van der Waals surface area contributed by atoms with Gasteiger partial charge in [0, 0.05) is 11.8 Å². The third kappa shape index (κ3) is 5.17. The Hall–Kier alpha value is -2.18. The Morgan fingerprint density at radius 2 is 2.15 bits per heavy atom. The van der Waals surface area contributed by atoms with Gasteiger partial charge in [-0.25, -0.2) is 19.1 Å². The first-order chi connectivity index (χ1) is 12.6. The minimum Gasteiger partial charge on any atom is -0.464 e. The zero-order valence-electron chi connectivity index (χ0n) is 14.9. The van der Waals surface area contributed by atoms with Gasteiger partial charge in [0.2, 0.25) is 16.6 Å². The monoisotopic (exact) mass is 417 g/mol. The number of aromatic nitrogens is 1. The van der Waals surface area contributed by atoms with Crippen LogP contribution in [0.25, 0.3) is 0 Å². The van der Waals surface area contributed by atoms with Crippen molar-refractivity contribution in [3.8, 4) is 0 Å². The lowest BCUT2D eigenvalue weighted by Crippen LogP contribution is -2.49. The Bertz CT molecular complexity index is 844. The second-order valence-electron chi connectivity index (χ2n) is 5.76. The molecule has 0 spiro atoms. The van der Waals surface area contributed by atoms with Crippen molar-refractivity contribution in [2.24, 2.45) is 5.84 Å². The van der Waals surface area contributed by atoms with Crippen molar-refractivity contribution < 1.29 is 32.1 Å². The summed E-state index contributed by atoms with van der Waals surface area (Å²) in [6.07, 6.45) is 3.69. The van der Waals surface area contributed by atoms with E-state index < -0.39 is 27.9 Å². The predicted octanol–water partition coefficient (Wildman–Crippen LogP) is -1.29. The van der Waals surface area contributed by atoms with Crippen LogP contribution in [-0.4, -0.2) is 66.0 Å². The van der Waals surface area contributed by atoms with E-state index in [-0.39, 0.29) is 29.0 Å². The fourth-order valence-electron chi connectivity index (χ4n) is 2.39. The highest BCUT2D eigenvalue weighted by Crippen LogP contribution is 2.22. The van der Waals surface area contributed by atoms with Crippen LogP contribution in [-0.2, 0) is 30.9 Å². The molecule has 2 amide bonds. The zero-order chi connectivity index (χ0) is 20.2. The molecule has 1 aromatic rings. The standard InChI is InChI=1S/C15H21N4O6S2/c1-3-25-15(22)12-9-26-10-18(12)13(20)8-17-6-4-5-11(7-17)14(21)19(16)27(2,23)24/h4-7,12H,3,8-10,16H2,1-2H3/q+1. The molecule has 1 atom stereocenters. The van der Waals surface area contributed by atoms with Crippen LogP contribution in [0.2, 0.25) is 0 Å². The highest BCUT2D eigenvalue weighted by atomic mass is 32.2. The lowest BCUT2D eigenvalue weighted by Gasteiger charge is -2.20. The molecule has 1 unspecified atom stereocenters. The van der Waals surface area contributed by atoms with Crippen LogP contribution >= 0.6 is 11.8 Å². The summed E-state index contributed by atoms with van der Waals surface area (Å²) in [5, 5.41) is 0.